The van der Waals surface area contributed by atoms with E-state index in [1.165, 1.54) is 5.56 Å². The fourth-order valence-electron chi connectivity index (χ4n) is 2.56. The summed E-state index contributed by atoms with van der Waals surface area (Å²) in [6.07, 6.45) is 0.933. The lowest BCUT2D eigenvalue weighted by Crippen LogP contribution is -2.12. The zero-order valence-corrected chi connectivity index (χ0v) is 17.0. The minimum absolute atomic E-state index is 0.0241. The first-order chi connectivity index (χ1) is 11.9. The van der Waals surface area contributed by atoms with Crippen LogP contribution >= 0.6 is 11.3 Å². The summed E-state index contributed by atoms with van der Waals surface area (Å²) in [4.78, 5) is 4.83. The Balaban J connectivity index is 2.55. The van der Waals surface area contributed by atoms with Crippen molar-refractivity contribution in [2.75, 3.05) is 26.8 Å². The van der Waals surface area contributed by atoms with Gasteiger partial charge in [-0.05, 0) is 44.0 Å². The van der Waals surface area contributed by atoms with Crippen LogP contribution in [0, 0.1) is 0 Å². The van der Waals surface area contributed by atoms with Crippen molar-refractivity contribution >= 4 is 11.3 Å². The van der Waals surface area contributed by atoms with Crippen molar-refractivity contribution in [2.45, 2.75) is 46.5 Å². The van der Waals surface area contributed by atoms with Crippen molar-refractivity contribution in [3.63, 3.8) is 0 Å². The molecule has 1 aromatic heterocycles. The van der Waals surface area contributed by atoms with Crippen LogP contribution in [0.4, 0.5) is 0 Å². The summed E-state index contributed by atoms with van der Waals surface area (Å²) in [5.41, 5.74) is 3.23. The van der Waals surface area contributed by atoms with Crippen molar-refractivity contribution in [2.24, 2.45) is 0 Å². The Morgan fingerprint density at radius 2 is 1.84 bits per heavy atom. The summed E-state index contributed by atoms with van der Waals surface area (Å²) >= 11 is 1.70. The molecule has 2 aromatic rings. The molecule has 0 aliphatic heterocycles. The lowest BCUT2D eigenvalue weighted by molar-refractivity contribution is 0.288. The normalized spacial score (nSPS) is 11.6. The average Bonchev–Trinajstić information content (AvgIpc) is 3.02. The summed E-state index contributed by atoms with van der Waals surface area (Å²) in [5, 5.41) is 6.42. The molecule has 0 saturated carbocycles. The molecule has 0 spiro atoms. The zero-order chi connectivity index (χ0) is 18.4. The quantitative estimate of drug-likeness (QED) is 0.741. The lowest BCUT2D eigenvalue weighted by atomic mass is 9.85. The van der Waals surface area contributed by atoms with Crippen LogP contribution in [0.3, 0.4) is 0 Å². The van der Waals surface area contributed by atoms with Crippen LogP contribution in [0.1, 0.15) is 45.2 Å². The molecule has 4 nitrogen and oxygen atoms in total. The Kier molecular flexibility index (Phi) is 6.85. The van der Waals surface area contributed by atoms with E-state index in [2.05, 4.69) is 43.6 Å². The molecular weight excluding hydrogens is 332 g/mol. The van der Waals surface area contributed by atoms with E-state index in [4.69, 9.17) is 14.5 Å². The maximum atomic E-state index is 5.96. The number of hydrogen-bond acceptors (Lipinski definition) is 5. The minimum atomic E-state index is 0.0241. The molecule has 0 aliphatic rings. The molecule has 138 valence electrons. The van der Waals surface area contributed by atoms with Crippen molar-refractivity contribution in [3.05, 3.63) is 28.1 Å². The molecule has 1 aromatic carbocycles. The van der Waals surface area contributed by atoms with Crippen LogP contribution < -0.4 is 14.8 Å². The molecule has 1 N–H and O–H groups in total. The summed E-state index contributed by atoms with van der Waals surface area (Å²) < 4.78 is 11.9. The van der Waals surface area contributed by atoms with E-state index in [9.17, 15) is 0 Å². The third-order valence-corrected chi connectivity index (χ3v) is 4.83. The first-order valence-corrected chi connectivity index (χ1v) is 9.82. The molecule has 0 aliphatic carbocycles. The minimum Gasteiger partial charge on any atom is -0.490 e. The Morgan fingerprint density at radius 3 is 2.44 bits per heavy atom. The molecule has 2 rings (SSSR count). The lowest BCUT2D eigenvalue weighted by Gasteiger charge is -2.23. The predicted molar refractivity (Wildman–Crippen MR) is 106 cm³/mol. The van der Waals surface area contributed by atoms with Gasteiger partial charge in [0.05, 0.1) is 23.9 Å². The molecule has 1 heterocycles. The highest BCUT2D eigenvalue weighted by atomic mass is 32.1. The topological polar surface area (TPSA) is 43.4 Å². The fourth-order valence-corrected chi connectivity index (χ4v) is 3.36. The number of aromatic nitrogens is 1. The van der Waals surface area contributed by atoms with Gasteiger partial charge in [-0.2, -0.15) is 0 Å². The van der Waals surface area contributed by atoms with Crippen molar-refractivity contribution in [3.8, 4) is 22.8 Å². The maximum absolute atomic E-state index is 5.96. The summed E-state index contributed by atoms with van der Waals surface area (Å²) in [7, 11) is 1.96. The average molecular weight is 363 g/mol. The summed E-state index contributed by atoms with van der Waals surface area (Å²) in [6.45, 7) is 12.8. The van der Waals surface area contributed by atoms with E-state index in [0.29, 0.717) is 13.2 Å². The van der Waals surface area contributed by atoms with Crippen LogP contribution in [0.15, 0.2) is 17.5 Å². The van der Waals surface area contributed by atoms with Crippen LogP contribution in [-0.4, -0.2) is 31.8 Å². The number of thiazole rings is 1. The Hall–Kier alpha value is -1.59. The smallest absolute Gasteiger partial charge is 0.170 e. The van der Waals surface area contributed by atoms with E-state index in [1.54, 1.807) is 11.3 Å². The van der Waals surface area contributed by atoms with Gasteiger partial charge in [-0.25, -0.2) is 4.98 Å². The first-order valence-electron chi connectivity index (χ1n) is 8.94. The monoisotopic (exact) mass is 362 g/mol. The van der Waals surface area contributed by atoms with Gasteiger partial charge < -0.3 is 14.8 Å². The molecule has 0 radical (unpaired) electrons. The van der Waals surface area contributed by atoms with E-state index in [1.807, 2.05) is 20.9 Å². The molecule has 0 saturated heterocycles. The molecule has 0 unspecified atom stereocenters. The van der Waals surface area contributed by atoms with Gasteiger partial charge in [0.15, 0.2) is 11.5 Å². The number of hydrogen-bond donors (Lipinski definition) is 1. The SMILES string of the molecule is CCOc1cc(C(C)(C)C)cc(-c2csc(CCNC)n2)c1OCC. The number of ether oxygens (including phenoxy) is 2. The molecule has 0 fully saturated rings. The van der Waals surface area contributed by atoms with E-state index >= 15 is 0 Å². The van der Waals surface area contributed by atoms with Gasteiger partial charge in [-0.15, -0.1) is 11.3 Å². The van der Waals surface area contributed by atoms with Crippen molar-refractivity contribution in [1.29, 1.82) is 0 Å². The first kappa shape index (κ1) is 19.7. The van der Waals surface area contributed by atoms with E-state index < -0.39 is 0 Å². The second-order valence-corrected chi connectivity index (χ2v) is 7.89. The molecule has 5 heteroatoms. The summed E-state index contributed by atoms with van der Waals surface area (Å²) in [5.74, 6) is 1.60. The van der Waals surface area contributed by atoms with E-state index in [-0.39, 0.29) is 5.41 Å². The molecule has 0 atom stereocenters. The van der Waals surface area contributed by atoms with Gasteiger partial charge in [0.1, 0.15) is 0 Å². The fraction of sp³-hybridized carbons (Fsp3) is 0.550. The van der Waals surface area contributed by atoms with Gasteiger partial charge in [0.25, 0.3) is 0 Å². The molecular formula is C20H30N2O2S. The van der Waals surface area contributed by atoms with Gasteiger partial charge in [0, 0.05) is 23.9 Å². The summed E-state index contributed by atoms with van der Waals surface area (Å²) in [6, 6.07) is 4.30. The molecule has 25 heavy (non-hydrogen) atoms. The Morgan fingerprint density at radius 1 is 1.12 bits per heavy atom. The van der Waals surface area contributed by atoms with Crippen LogP contribution in [0.5, 0.6) is 11.5 Å². The largest absolute Gasteiger partial charge is 0.490 e. The number of rotatable bonds is 8. The third-order valence-electron chi connectivity index (χ3n) is 3.93. The number of nitrogens with zero attached hydrogens (tertiary/aromatic N) is 1. The number of likely N-dealkylation sites (N-methyl/N-ethyl adjacent to an activating group) is 1. The van der Waals surface area contributed by atoms with E-state index in [0.717, 1.165) is 40.7 Å². The van der Waals surface area contributed by atoms with Gasteiger partial charge >= 0.3 is 0 Å². The predicted octanol–water partition coefficient (Wildman–Crippen LogP) is 4.67. The van der Waals surface area contributed by atoms with Crippen molar-refractivity contribution in [1.82, 2.24) is 10.3 Å². The Labute approximate surface area is 155 Å². The second kappa shape index (κ2) is 8.68. The van der Waals surface area contributed by atoms with Crippen molar-refractivity contribution < 1.29 is 9.47 Å². The third kappa shape index (κ3) is 4.95. The second-order valence-electron chi connectivity index (χ2n) is 6.95. The standard InChI is InChI=1S/C20H30N2O2S/c1-7-23-17-12-14(20(3,4)5)11-15(19(17)24-8-2)16-13-25-18(22-16)9-10-21-6/h11-13,21H,7-10H2,1-6H3. The number of benzene rings is 1. The highest BCUT2D eigenvalue weighted by Gasteiger charge is 2.22. The highest BCUT2D eigenvalue weighted by Crippen LogP contribution is 2.42. The van der Waals surface area contributed by atoms with Crippen LogP contribution in [-0.2, 0) is 11.8 Å². The van der Waals surface area contributed by atoms with Crippen LogP contribution in [0.25, 0.3) is 11.3 Å². The number of nitrogens with one attached hydrogen (secondary N) is 1. The zero-order valence-electron chi connectivity index (χ0n) is 16.2. The van der Waals surface area contributed by atoms with Gasteiger partial charge in [0.2, 0.25) is 0 Å². The van der Waals surface area contributed by atoms with Crippen LogP contribution in [0.2, 0.25) is 0 Å². The van der Waals surface area contributed by atoms with Gasteiger partial charge in [-0.3, -0.25) is 0 Å². The molecule has 0 bridgehead atoms. The Bertz CT molecular complexity index is 689. The van der Waals surface area contributed by atoms with Gasteiger partial charge in [-0.1, -0.05) is 20.8 Å². The maximum Gasteiger partial charge on any atom is 0.170 e. The highest BCUT2D eigenvalue weighted by molar-refractivity contribution is 7.09. The molecule has 0 amide bonds.